The van der Waals surface area contributed by atoms with Gasteiger partial charge in [0.1, 0.15) is 6.61 Å². The van der Waals surface area contributed by atoms with Crippen LogP contribution in [-0.4, -0.2) is 32.1 Å². The topological polar surface area (TPSA) is 70.8 Å². The Morgan fingerprint density at radius 1 is 1.20 bits per heavy atom. The monoisotopic (exact) mass is 281 g/mol. The molecule has 5 heteroatoms. The van der Waals surface area contributed by atoms with E-state index in [2.05, 4.69) is 6.92 Å². The van der Waals surface area contributed by atoms with Gasteiger partial charge in [-0.15, -0.1) is 0 Å². The van der Waals surface area contributed by atoms with Crippen molar-refractivity contribution in [1.82, 2.24) is 0 Å². The minimum atomic E-state index is -0.510. The lowest BCUT2D eigenvalue weighted by Crippen LogP contribution is -2.25. The quantitative estimate of drug-likeness (QED) is 0.326. The van der Waals surface area contributed by atoms with Crippen LogP contribution in [0.25, 0.3) is 0 Å². The van der Waals surface area contributed by atoms with Gasteiger partial charge in [-0.3, -0.25) is 0 Å². The van der Waals surface area contributed by atoms with Crippen molar-refractivity contribution >= 4 is 11.7 Å². The first kappa shape index (κ1) is 16.5. The number of benzene rings is 1. The first-order chi connectivity index (χ1) is 9.67. The average Bonchev–Trinajstić information content (AvgIpc) is 2.45. The third-order valence-corrected chi connectivity index (χ3v) is 2.65. The number of hydrogen-bond acceptors (Lipinski definition) is 5. The van der Waals surface area contributed by atoms with Crippen LogP contribution >= 0.6 is 0 Å². The number of unbranched alkanes of at least 4 members (excludes halogenated alkanes) is 1. The molecule has 1 rings (SSSR count). The minimum Gasteiger partial charge on any atom is -0.457 e. The highest BCUT2D eigenvalue weighted by atomic mass is 16.7. The van der Waals surface area contributed by atoms with Crippen LogP contribution in [0.2, 0.25) is 0 Å². The Kier molecular flexibility index (Phi) is 7.69. The molecule has 1 atom stereocenters. The molecule has 0 radical (unpaired) electrons. The van der Waals surface area contributed by atoms with Crippen LogP contribution in [-0.2, 0) is 14.2 Å². The van der Waals surface area contributed by atoms with Gasteiger partial charge in [0.2, 0.25) is 0 Å². The molecule has 0 saturated carbocycles. The average molecular weight is 281 g/mol. The molecule has 0 aliphatic heterocycles. The highest BCUT2D eigenvalue weighted by molar-refractivity contribution is 5.89. The fraction of sp³-hybridized carbons (Fsp3) is 0.533. The molecule has 1 aromatic carbocycles. The molecule has 0 fully saturated rings. The summed E-state index contributed by atoms with van der Waals surface area (Å²) < 4.78 is 16.1. The maximum Gasteiger partial charge on any atom is 0.338 e. The Bertz CT molecular complexity index is 391. The summed E-state index contributed by atoms with van der Waals surface area (Å²) in [6, 6.07) is 6.58. The molecule has 0 aliphatic rings. The lowest BCUT2D eigenvalue weighted by molar-refractivity contribution is -0.161. The Labute approximate surface area is 120 Å². The van der Waals surface area contributed by atoms with Crippen LogP contribution in [0.15, 0.2) is 24.3 Å². The van der Waals surface area contributed by atoms with Crippen molar-refractivity contribution in [3.8, 4) is 0 Å². The SMILES string of the molecule is CCCCOC(COC(=O)c1ccc(N)cc1)OCC. The number of nitrogen functional groups attached to an aromatic ring is 1. The van der Waals surface area contributed by atoms with Crippen molar-refractivity contribution in [2.75, 3.05) is 25.6 Å². The van der Waals surface area contributed by atoms with Crippen LogP contribution in [0.3, 0.4) is 0 Å². The van der Waals surface area contributed by atoms with Gasteiger partial charge < -0.3 is 19.9 Å². The Hall–Kier alpha value is -1.59. The third-order valence-electron chi connectivity index (χ3n) is 2.65. The molecule has 0 saturated heterocycles. The Morgan fingerprint density at radius 3 is 2.50 bits per heavy atom. The zero-order valence-corrected chi connectivity index (χ0v) is 12.1. The summed E-state index contributed by atoms with van der Waals surface area (Å²) in [5, 5.41) is 0. The van der Waals surface area contributed by atoms with Crippen molar-refractivity contribution < 1.29 is 19.0 Å². The van der Waals surface area contributed by atoms with Crippen molar-refractivity contribution in [2.24, 2.45) is 0 Å². The summed E-state index contributed by atoms with van der Waals surface area (Å²) in [6.07, 6.45) is 1.49. The molecule has 1 unspecified atom stereocenters. The first-order valence-electron chi connectivity index (χ1n) is 6.93. The van der Waals surface area contributed by atoms with E-state index >= 15 is 0 Å². The smallest absolute Gasteiger partial charge is 0.338 e. The predicted octanol–water partition coefficient (Wildman–Crippen LogP) is 2.60. The summed E-state index contributed by atoms with van der Waals surface area (Å²) in [4.78, 5) is 11.8. The van der Waals surface area contributed by atoms with Gasteiger partial charge in [-0.25, -0.2) is 4.79 Å². The minimum absolute atomic E-state index is 0.0841. The summed E-state index contributed by atoms with van der Waals surface area (Å²) in [6.45, 7) is 5.15. The van der Waals surface area contributed by atoms with Crippen LogP contribution in [0.4, 0.5) is 5.69 Å². The van der Waals surface area contributed by atoms with E-state index < -0.39 is 12.3 Å². The van der Waals surface area contributed by atoms with Gasteiger partial charge in [-0.05, 0) is 37.6 Å². The standard InChI is InChI=1S/C15H23NO4/c1-3-5-10-19-14(18-4-2)11-20-15(17)12-6-8-13(16)9-7-12/h6-9,14H,3-5,10-11,16H2,1-2H3. The van der Waals surface area contributed by atoms with Crippen LogP contribution < -0.4 is 5.73 Å². The van der Waals surface area contributed by atoms with Crippen molar-refractivity contribution in [1.29, 1.82) is 0 Å². The van der Waals surface area contributed by atoms with Gasteiger partial charge in [-0.2, -0.15) is 0 Å². The third kappa shape index (κ3) is 6.04. The Balaban J connectivity index is 2.41. The van der Waals surface area contributed by atoms with Crippen LogP contribution in [0.1, 0.15) is 37.0 Å². The molecule has 2 N–H and O–H groups in total. The van der Waals surface area contributed by atoms with Crippen molar-refractivity contribution in [2.45, 2.75) is 33.0 Å². The van der Waals surface area contributed by atoms with Gasteiger partial charge in [0.05, 0.1) is 5.56 Å². The van der Waals surface area contributed by atoms with Gasteiger partial charge in [-0.1, -0.05) is 13.3 Å². The number of anilines is 1. The molecule has 0 heterocycles. The number of hydrogen-bond donors (Lipinski definition) is 1. The Morgan fingerprint density at radius 2 is 1.90 bits per heavy atom. The van der Waals surface area contributed by atoms with E-state index in [1.54, 1.807) is 24.3 Å². The molecule has 112 valence electrons. The maximum atomic E-state index is 11.8. The van der Waals surface area contributed by atoms with E-state index in [1.807, 2.05) is 6.92 Å². The van der Waals surface area contributed by atoms with Crippen molar-refractivity contribution in [3.63, 3.8) is 0 Å². The van der Waals surface area contributed by atoms with Gasteiger partial charge in [0.15, 0.2) is 6.29 Å². The second-order valence-corrected chi connectivity index (χ2v) is 4.33. The fourth-order valence-corrected chi connectivity index (χ4v) is 1.54. The summed E-state index contributed by atoms with van der Waals surface area (Å²) >= 11 is 0. The van der Waals surface area contributed by atoms with Gasteiger partial charge >= 0.3 is 5.97 Å². The number of carbonyl (C=O) groups is 1. The lowest BCUT2D eigenvalue weighted by Gasteiger charge is -2.17. The number of nitrogens with two attached hydrogens (primary N) is 1. The number of carbonyl (C=O) groups excluding carboxylic acids is 1. The van der Waals surface area contributed by atoms with Crippen molar-refractivity contribution in [3.05, 3.63) is 29.8 Å². The highest BCUT2D eigenvalue weighted by Gasteiger charge is 2.13. The fourth-order valence-electron chi connectivity index (χ4n) is 1.54. The highest BCUT2D eigenvalue weighted by Crippen LogP contribution is 2.08. The zero-order chi connectivity index (χ0) is 14.8. The predicted molar refractivity (Wildman–Crippen MR) is 77.4 cm³/mol. The second-order valence-electron chi connectivity index (χ2n) is 4.33. The normalized spacial score (nSPS) is 12.1. The van der Waals surface area contributed by atoms with E-state index in [0.29, 0.717) is 24.5 Å². The zero-order valence-electron chi connectivity index (χ0n) is 12.1. The molecule has 1 aromatic rings. The van der Waals surface area contributed by atoms with Crippen LogP contribution in [0.5, 0.6) is 0 Å². The molecule has 0 bridgehead atoms. The second kappa shape index (κ2) is 9.34. The van der Waals surface area contributed by atoms with Crippen LogP contribution in [0, 0.1) is 0 Å². The van der Waals surface area contributed by atoms with E-state index in [1.165, 1.54) is 0 Å². The first-order valence-corrected chi connectivity index (χ1v) is 6.93. The molecule has 0 aliphatic carbocycles. The molecular weight excluding hydrogens is 258 g/mol. The molecule has 0 aromatic heterocycles. The number of rotatable bonds is 9. The molecule has 5 nitrogen and oxygen atoms in total. The molecule has 0 spiro atoms. The van der Waals surface area contributed by atoms with E-state index in [9.17, 15) is 4.79 Å². The summed E-state index contributed by atoms with van der Waals surface area (Å²) in [5.74, 6) is -0.409. The van der Waals surface area contributed by atoms with Gasteiger partial charge in [0.25, 0.3) is 0 Å². The molecule has 0 amide bonds. The summed E-state index contributed by atoms with van der Waals surface area (Å²) in [5.41, 5.74) is 6.63. The summed E-state index contributed by atoms with van der Waals surface area (Å²) in [7, 11) is 0. The lowest BCUT2D eigenvalue weighted by atomic mass is 10.2. The number of ether oxygens (including phenoxy) is 3. The van der Waals surface area contributed by atoms with Gasteiger partial charge in [0, 0.05) is 18.9 Å². The number of esters is 1. The largest absolute Gasteiger partial charge is 0.457 e. The van der Waals surface area contributed by atoms with E-state index in [4.69, 9.17) is 19.9 Å². The maximum absolute atomic E-state index is 11.8. The molecule has 20 heavy (non-hydrogen) atoms. The van der Waals surface area contributed by atoms with E-state index in [0.717, 1.165) is 12.8 Å². The van der Waals surface area contributed by atoms with E-state index in [-0.39, 0.29) is 6.61 Å². The molecular formula is C15H23NO4.